The van der Waals surface area contributed by atoms with Gasteiger partial charge < -0.3 is 15.4 Å². The van der Waals surface area contributed by atoms with Crippen molar-refractivity contribution in [1.29, 1.82) is 0 Å². The molecule has 1 aromatic heterocycles. The minimum Gasteiger partial charge on any atom is -0.388 e. The molecule has 1 heterocycles. The summed E-state index contributed by atoms with van der Waals surface area (Å²) < 4.78 is 2.13. The molecule has 0 aliphatic rings. The molecule has 0 saturated heterocycles. The van der Waals surface area contributed by atoms with Gasteiger partial charge in [-0.05, 0) is 42.5 Å². The topological polar surface area (TPSA) is 64.1 Å². The van der Waals surface area contributed by atoms with Crippen LogP contribution in [0.2, 0.25) is 0 Å². The van der Waals surface area contributed by atoms with Gasteiger partial charge in [0, 0.05) is 13.1 Å². The summed E-state index contributed by atoms with van der Waals surface area (Å²) in [6.07, 6.45) is 1.08. The lowest BCUT2D eigenvalue weighted by Crippen LogP contribution is -2.06. The van der Waals surface area contributed by atoms with Crippen LogP contribution >= 0.6 is 0 Å². The van der Waals surface area contributed by atoms with Crippen LogP contribution in [0.15, 0.2) is 12.1 Å². The first kappa shape index (κ1) is 14.0. The normalized spacial score (nSPS) is 11.7. The molecule has 4 nitrogen and oxygen atoms in total. The highest BCUT2D eigenvalue weighted by molar-refractivity contribution is 5.78. The minimum atomic E-state index is -0.0240. The van der Waals surface area contributed by atoms with Crippen LogP contribution < -0.4 is 5.73 Å². The molecular weight excluding hydrogens is 238 g/mol. The highest BCUT2D eigenvalue weighted by atomic mass is 16.3. The van der Waals surface area contributed by atoms with Gasteiger partial charge in [-0.15, -0.1) is 0 Å². The largest absolute Gasteiger partial charge is 0.388 e. The summed E-state index contributed by atoms with van der Waals surface area (Å²) in [5.74, 6) is 1.37. The van der Waals surface area contributed by atoms with E-state index in [9.17, 15) is 5.11 Å². The highest BCUT2D eigenvalue weighted by Gasteiger charge is 2.12. The average molecular weight is 261 g/mol. The van der Waals surface area contributed by atoms with Crippen molar-refractivity contribution >= 4 is 11.0 Å². The fourth-order valence-corrected chi connectivity index (χ4v) is 2.35. The third-order valence-corrected chi connectivity index (χ3v) is 3.58. The maximum Gasteiger partial charge on any atom is 0.135 e. The molecule has 0 unspecified atom stereocenters. The third-order valence-electron chi connectivity index (χ3n) is 3.58. The zero-order chi connectivity index (χ0) is 14.0. The van der Waals surface area contributed by atoms with Crippen LogP contribution in [0.4, 0.5) is 0 Å². The summed E-state index contributed by atoms with van der Waals surface area (Å²) in [4.78, 5) is 4.52. The first-order valence-corrected chi connectivity index (χ1v) is 6.86. The second-order valence-electron chi connectivity index (χ2n) is 5.49. The lowest BCUT2D eigenvalue weighted by Gasteiger charge is -2.10. The van der Waals surface area contributed by atoms with E-state index in [0.29, 0.717) is 12.5 Å². The number of nitrogens with two attached hydrogens (primary N) is 1. The van der Waals surface area contributed by atoms with Gasteiger partial charge in [-0.3, -0.25) is 0 Å². The van der Waals surface area contributed by atoms with Crippen molar-refractivity contribution in [1.82, 2.24) is 9.55 Å². The Morgan fingerprint density at radius 2 is 2.11 bits per heavy atom. The van der Waals surface area contributed by atoms with E-state index in [2.05, 4.69) is 36.4 Å². The molecule has 4 heteroatoms. The summed E-state index contributed by atoms with van der Waals surface area (Å²) in [6, 6.07) is 4.17. The number of aromatic nitrogens is 2. The zero-order valence-corrected chi connectivity index (χ0v) is 12.0. The number of nitrogens with zero attached hydrogens (tertiary/aromatic N) is 2. The molecule has 3 N–H and O–H groups in total. The van der Waals surface area contributed by atoms with Gasteiger partial charge in [0.2, 0.25) is 0 Å². The van der Waals surface area contributed by atoms with Crippen molar-refractivity contribution in [2.75, 3.05) is 0 Å². The molecule has 0 spiro atoms. The Bertz CT molecular complexity index is 572. The van der Waals surface area contributed by atoms with E-state index in [-0.39, 0.29) is 6.61 Å². The molecule has 2 aromatic rings. The van der Waals surface area contributed by atoms with E-state index in [4.69, 9.17) is 5.73 Å². The second kappa shape index (κ2) is 5.72. The summed E-state index contributed by atoms with van der Waals surface area (Å²) in [7, 11) is 0. The average Bonchev–Trinajstić information content (AvgIpc) is 2.72. The lowest BCUT2D eigenvalue weighted by atomic mass is 10.1. The first-order valence-electron chi connectivity index (χ1n) is 6.86. The van der Waals surface area contributed by atoms with E-state index in [0.717, 1.165) is 35.4 Å². The van der Waals surface area contributed by atoms with Crippen molar-refractivity contribution in [3.63, 3.8) is 0 Å². The Labute approximate surface area is 114 Å². The number of benzene rings is 1. The number of aryl methyl sites for hydroxylation is 2. The molecule has 2 rings (SSSR count). The number of hydrogen-bond acceptors (Lipinski definition) is 3. The fourth-order valence-electron chi connectivity index (χ4n) is 2.35. The monoisotopic (exact) mass is 261 g/mol. The zero-order valence-electron chi connectivity index (χ0n) is 12.0. The first-order chi connectivity index (χ1) is 9.06. The summed E-state index contributed by atoms with van der Waals surface area (Å²) in [5, 5.41) is 9.47. The predicted molar refractivity (Wildman–Crippen MR) is 77.7 cm³/mol. The van der Waals surface area contributed by atoms with Gasteiger partial charge >= 0.3 is 0 Å². The van der Waals surface area contributed by atoms with E-state index in [1.165, 1.54) is 5.56 Å². The van der Waals surface area contributed by atoms with E-state index in [1.54, 1.807) is 0 Å². The molecule has 19 heavy (non-hydrogen) atoms. The molecule has 1 aromatic carbocycles. The molecule has 104 valence electrons. The van der Waals surface area contributed by atoms with Crippen molar-refractivity contribution in [2.24, 2.45) is 11.7 Å². The van der Waals surface area contributed by atoms with Crippen molar-refractivity contribution < 1.29 is 5.11 Å². The summed E-state index contributed by atoms with van der Waals surface area (Å²) in [6.45, 7) is 7.87. The quantitative estimate of drug-likeness (QED) is 0.868. The Kier molecular flexibility index (Phi) is 4.22. The van der Waals surface area contributed by atoms with Crippen LogP contribution in [0.3, 0.4) is 0 Å². The van der Waals surface area contributed by atoms with Crippen LogP contribution in [-0.2, 0) is 19.7 Å². The Morgan fingerprint density at radius 3 is 2.68 bits per heavy atom. The second-order valence-corrected chi connectivity index (χ2v) is 5.49. The third kappa shape index (κ3) is 2.80. The maximum absolute atomic E-state index is 9.47. The van der Waals surface area contributed by atoms with Crippen LogP contribution in [0, 0.1) is 12.8 Å². The molecule has 0 aliphatic carbocycles. The summed E-state index contributed by atoms with van der Waals surface area (Å²) in [5.41, 5.74) is 10.1. The fraction of sp³-hybridized carbons (Fsp3) is 0.533. The van der Waals surface area contributed by atoms with Gasteiger partial charge in [-0.1, -0.05) is 13.8 Å². The van der Waals surface area contributed by atoms with Crippen LogP contribution in [0.25, 0.3) is 11.0 Å². The number of aliphatic hydroxyl groups is 1. The van der Waals surface area contributed by atoms with Crippen LogP contribution in [0.5, 0.6) is 0 Å². The number of imidazole rings is 1. The van der Waals surface area contributed by atoms with Crippen LogP contribution in [0.1, 0.15) is 37.2 Å². The Morgan fingerprint density at radius 1 is 1.37 bits per heavy atom. The van der Waals surface area contributed by atoms with Crippen molar-refractivity contribution in [3.05, 3.63) is 29.1 Å². The lowest BCUT2D eigenvalue weighted by molar-refractivity contribution is 0.264. The Balaban J connectivity index is 2.50. The molecule has 0 saturated carbocycles. The highest BCUT2D eigenvalue weighted by Crippen LogP contribution is 2.22. The molecule has 0 bridgehead atoms. The molecule has 0 aliphatic heterocycles. The van der Waals surface area contributed by atoms with Gasteiger partial charge in [0.25, 0.3) is 0 Å². The van der Waals surface area contributed by atoms with Crippen molar-refractivity contribution in [3.8, 4) is 0 Å². The van der Waals surface area contributed by atoms with Crippen molar-refractivity contribution in [2.45, 2.75) is 46.9 Å². The number of fused-ring (bicyclic) bond motifs is 1. The minimum absolute atomic E-state index is 0.0240. The summed E-state index contributed by atoms with van der Waals surface area (Å²) >= 11 is 0. The predicted octanol–water partition coefficient (Wildman–Crippen LogP) is 2.34. The molecular formula is C15H23N3O. The molecule has 0 radical (unpaired) electrons. The van der Waals surface area contributed by atoms with E-state index >= 15 is 0 Å². The number of rotatable bonds is 5. The standard InChI is InChI=1S/C15H23N3O/c1-10(2)4-5-18-14-6-11(3)12(8-16)7-13(14)17-15(18)9-19/h6-7,10,19H,4-5,8-9,16H2,1-3H3. The van der Waals surface area contributed by atoms with Gasteiger partial charge in [0.05, 0.1) is 11.0 Å². The SMILES string of the molecule is Cc1cc2c(cc1CN)nc(CO)n2CCC(C)C. The van der Waals surface area contributed by atoms with Crippen LogP contribution in [-0.4, -0.2) is 14.7 Å². The van der Waals surface area contributed by atoms with Gasteiger partial charge in [-0.25, -0.2) is 4.98 Å². The molecule has 0 atom stereocenters. The van der Waals surface area contributed by atoms with Gasteiger partial charge in [0.15, 0.2) is 0 Å². The van der Waals surface area contributed by atoms with E-state index in [1.807, 2.05) is 6.07 Å². The smallest absolute Gasteiger partial charge is 0.135 e. The van der Waals surface area contributed by atoms with Gasteiger partial charge in [-0.2, -0.15) is 0 Å². The number of hydrogen-bond donors (Lipinski definition) is 2. The van der Waals surface area contributed by atoms with Gasteiger partial charge in [0.1, 0.15) is 12.4 Å². The molecule has 0 amide bonds. The molecule has 0 fully saturated rings. The maximum atomic E-state index is 9.47. The number of aliphatic hydroxyl groups excluding tert-OH is 1. The Hall–Kier alpha value is -1.39. The van der Waals surface area contributed by atoms with E-state index < -0.39 is 0 Å².